The Kier molecular flexibility index (Phi) is 4.91. The van der Waals surface area contributed by atoms with Gasteiger partial charge in [-0.2, -0.15) is 0 Å². The topological polar surface area (TPSA) is 77.8 Å². The van der Waals surface area contributed by atoms with Crippen LogP contribution in [0.25, 0.3) is 0 Å². The molecule has 0 aromatic rings. The van der Waals surface area contributed by atoms with Crippen LogP contribution in [0.1, 0.15) is 64.2 Å². The number of hydrogen-bond acceptors (Lipinski definition) is 3. The Morgan fingerprint density at radius 3 is 2.05 bits per heavy atom. The van der Waals surface area contributed by atoms with Crippen molar-refractivity contribution in [3.63, 3.8) is 0 Å². The SMILES string of the molecule is CN(CC1(O)CCCC1)C(=O)CC1(C(=O)O)CCCCC1. The molecule has 0 aromatic heterocycles. The zero-order valence-corrected chi connectivity index (χ0v) is 12.9. The molecule has 0 aliphatic heterocycles. The second-order valence-corrected chi connectivity index (χ2v) is 7.00. The van der Waals surface area contributed by atoms with Gasteiger partial charge in [-0.25, -0.2) is 0 Å². The third-order valence-electron chi connectivity index (χ3n) is 5.25. The van der Waals surface area contributed by atoms with E-state index in [1.807, 2.05) is 0 Å². The van der Waals surface area contributed by atoms with Crippen LogP contribution < -0.4 is 0 Å². The van der Waals surface area contributed by atoms with Gasteiger partial charge in [-0.1, -0.05) is 32.1 Å². The Hall–Kier alpha value is -1.10. The predicted octanol–water partition coefficient (Wildman–Crippen LogP) is 2.18. The molecule has 2 rings (SSSR count). The van der Waals surface area contributed by atoms with E-state index in [9.17, 15) is 19.8 Å². The number of carbonyl (C=O) groups is 2. The van der Waals surface area contributed by atoms with Crippen molar-refractivity contribution < 1.29 is 19.8 Å². The molecule has 1 amide bonds. The fourth-order valence-corrected chi connectivity index (χ4v) is 3.84. The summed E-state index contributed by atoms with van der Waals surface area (Å²) in [6, 6.07) is 0. The molecule has 2 aliphatic carbocycles. The molecule has 5 nitrogen and oxygen atoms in total. The van der Waals surface area contributed by atoms with Crippen LogP contribution in [0.15, 0.2) is 0 Å². The van der Waals surface area contributed by atoms with Gasteiger partial charge in [-0.3, -0.25) is 9.59 Å². The van der Waals surface area contributed by atoms with Gasteiger partial charge in [0.25, 0.3) is 0 Å². The Balaban J connectivity index is 1.96. The van der Waals surface area contributed by atoms with Crippen LogP contribution in [0.4, 0.5) is 0 Å². The van der Waals surface area contributed by atoms with Gasteiger partial charge in [0, 0.05) is 20.0 Å². The van der Waals surface area contributed by atoms with E-state index in [2.05, 4.69) is 0 Å². The lowest BCUT2D eigenvalue weighted by molar-refractivity contribution is -0.156. The molecule has 5 heteroatoms. The third kappa shape index (κ3) is 3.76. The number of rotatable bonds is 5. The average molecular weight is 297 g/mol. The summed E-state index contributed by atoms with van der Waals surface area (Å²) in [5.74, 6) is -0.997. The van der Waals surface area contributed by atoms with Crippen molar-refractivity contribution in [2.75, 3.05) is 13.6 Å². The molecule has 0 heterocycles. The minimum atomic E-state index is -0.887. The summed E-state index contributed by atoms with van der Waals surface area (Å²) in [5.41, 5.74) is -1.66. The highest BCUT2D eigenvalue weighted by Gasteiger charge is 2.43. The minimum Gasteiger partial charge on any atom is -0.481 e. The van der Waals surface area contributed by atoms with E-state index in [4.69, 9.17) is 0 Å². The number of hydrogen-bond donors (Lipinski definition) is 2. The van der Waals surface area contributed by atoms with Gasteiger partial charge in [0.2, 0.25) is 5.91 Å². The number of carboxylic acid groups (broad SMARTS) is 1. The van der Waals surface area contributed by atoms with Crippen molar-refractivity contribution in [1.82, 2.24) is 4.90 Å². The molecule has 0 radical (unpaired) electrons. The van der Waals surface area contributed by atoms with Gasteiger partial charge in [-0.15, -0.1) is 0 Å². The molecule has 0 saturated heterocycles. The molecule has 0 atom stereocenters. The van der Waals surface area contributed by atoms with Gasteiger partial charge >= 0.3 is 5.97 Å². The summed E-state index contributed by atoms with van der Waals surface area (Å²) in [5, 5.41) is 19.9. The van der Waals surface area contributed by atoms with Crippen molar-refractivity contribution in [3.8, 4) is 0 Å². The average Bonchev–Trinajstić information content (AvgIpc) is 2.86. The van der Waals surface area contributed by atoms with Crippen LogP contribution in [-0.4, -0.2) is 46.2 Å². The van der Waals surface area contributed by atoms with Crippen LogP contribution in [0.5, 0.6) is 0 Å². The van der Waals surface area contributed by atoms with Gasteiger partial charge in [0.1, 0.15) is 0 Å². The summed E-state index contributed by atoms with van der Waals surface area (Å²) in [6.07, 6.45) is 7.52. The molecule has 21 heavy (non-hydrogen) atoms. The Morgan fingerprint density at radius 1 is 1.00 bits per heavy atom. The summed E-state index contributed by atoms with van der Waals surface area (Å²) in [7, 11) is 1.68. The molecule has 0 bridgehead atoms. The standard InChI is InChI=1S/C16H27NO4/c1-17(12-16(21)9-5-6-10-16)13(18)11-15(14(19)20)7-3-2-4-8-15/h21H,2-12H2,1H3,(H,19,20). The summed E-state index contributed by atoms with van der Waals surface area (Å²) >= 11 is 0. The Bertz CT molecular complexity index is 395. The molecule has 2 fully saturated rings. The zero-order valence-electron chi connectivity index (χ0n) is 12.9. The second-order valence-electron chi connectivity index (χ2n) is 7.00. The highest BCUT2D eigenvalue weighted by atomic mass is 16.4. The molecule has 120 valence electrons. The minimum absolute atomic E-state index is 0.0644. The van der Waals surface area contributed by atoms with Gasteiger partial charge in [0.15, 0.2) is 0 Å². The van der Waals surface area contributed by atoms with E-state index < -0.39 is 17.0 Å². The maximum absolute atomic E-state index is 12.4. The Labute approximate surface area is 126 Å². The molecule has 0 unspecified atom stereocenters. The van der Waals surface area contributed by atoms with Gasteiger partial charge in [0.05, 0.1) is 11.0 Å². The number of carbonyl (C=O) groups excluding carboxylic acids is 1. The van der Waals surface area contributed by atoms with Crippen molar-refractivity contribution >= 4 is 11.9 Å². The normalized spacial score (nSPS) is 23.7. The first-order chi connectivity index (χ1) is 9.87. The number of aliphatic hydroxyl groups is 1. The molecular weight excluding hydrogens is 270 g/mol. The predicted molar refractivity (Wildman–Crippen MR) is 78.8 cm³/mol. The lowest BCUT2D eigenvalue weighted by atomic mass is 9.71. The Morgan fingerprint density at radius 2 is 1.52 bits per heavy atom. The lowest BCUT2D eigenvalue weighted by Crippen LogP contribution is -2.45. The molecular formula is C16H27NO4. The molecule has 2 N–H and O–H groups in total. The van der Waals surface area contributed by atoms with E-state index in [1.165, 1.54) is 4.90 Å². The van der Waals surface area contributed by atoms with Crippen molar-refractivity contribution in [1.29, 1.82) is 0 Å². The smallest absolute Gasteiger partial charge is 0.310 e. The van der Waals surface area contributed by atoms with E-state index >= 15 is 0 Å². The number of aliphatic carboxylic acids is 1. The van der Waals surface area contributed by atoms with Crippen LogP contribution in [0.3, 0.4) is 0 Å². The first kappa shape index (κ1) is 16.3. The molecule has 0 aromatic carbocycles. The van der Waals surface area contributed by atoms with E-state index in [-0.39, 0.29) is 12.3 Å². The molecule has 2 aliphatic rings. The summed E-state index contributed by atoms with van der Waals surface area (Å²) in [6.45, 7) is 0.321. The highest BCUT2D eigenvalue weighted by molar-refractivity contribution is 5.85. The third-order valence-corrected chi connectivity index (χ3v) is 5.25. The largest absolute Gasteiger partial charge is 0.481 e. The van der Waals surface area contributed by atoms with Gasteiger partial charge < -0.3 is 15.1 Å². The van der Waals surface area contributed by atoms with Crippen LogP contribution in [0.2, 0.25) is 0 Å². The first-order valence-electron chi connectivity index (χ1n) is 8.07. The fraction of sp³-hybridized carbons (Fsp3) is 0.875. The highest BCUT2D eigenvalue weighted by Crippen LogP contribution is 2.40. The fourth-order valence-electron chi connectivity index (χ4n) is 3.84. The molecule has 2 saturated carbocycles. The van der Waals surface area contributed by atoms with Crippen molar-refractivity contribution in [3.05, 3.63) is 0 Å². The first-order valence-corrected chi connectivity index (χ1v) is 8.07. The van der Waals surface area contributed by atoms with E-state index in [0.717, 1.165) is 44.9 Å². The lowest BCUT2D eigenvalue weighted by Gasteiger charge is -2.35. The van der Waals surface area contributed by atoms with E-state index in [1.54, 1.807) is 7.05 Å². The quantitative estimate of drug-likeness (QED) is 0.815. The van der Waals surface area contributed by atoms with Gasteiger partial charge in [-0.05, 0) is 25.7 Å². The number of amides is 1. The summed E-state index contributed by atoms with van der Waals surface area (Å²) < 4.78 is 0. The zero-order chi connectivity index (χ0) is 15.5. The van der Waals surface area contributed by atoms with E-state index in [0.29, 0.717) is 19.4 Å². The number of nitrogens with zero attached hydrogens (tertiary/aromatic N) is 1. The maximum atomic E-state index is 12.4. The molecule has 0 spiro atoms. The van der Waals surface area contributed by atoms with Crippen molar-refractivity contribution in [2.24, 2.45) is 5.41 Å². The monoisotopic (exact) mass is 297 g/mol. The van der Waals surface area contributed by atoms with Crippen LogP contribution >= 0.6 is 0 Å². The number of likely N-dealkylation sites (N-methyl/N-ethyl adjacent to an activating group) is 1. The number of carboxylic acids is 1. The second kappa shape index (κ2) is 6.34. The summed E-state index contributed by atoms with van der Waals surface area (Å²) in [4.78, 5) is 25.6. The van der Waals surface area contributed by atoms with Crippen LogP contribution in [0, 0.1) is 5.41 Å². The maximum Gasteiger partial charge on any atom is 0.310 e. The van der Waals surface area contributed by atoms with Crippen LogP contribution in [-0.2, 0) is 9.59 Å². The van der Waals surface area contributed by atoms with Crippen molar-refractivity contribution in [2.45, 2.75) is 69.8 Å².